The first kappa shape index (κ1) is 34.9. The van der Waals surface area contributed by atoms with Crippen LogP contribution < -0.4 is 20.1 Å². The van der Waals surface area contributed by atoms with Gasteiger partial charge in [-0.15, -0.1) is 11.3 Å². The molecule has 0 aliphatic carbocycles. The van der Waals surface area contributed by atoms with Gasteiger partial charge in [-0.3, -0.25) is 9.69 Å². The molecule has 10 nitrogen and oxygen atoms in total. The minimum Gasteiger partial charge on any atom is -0.491 e. The number of amides is 1. The predicted octanol–water partition coefficient (Wildman–Crippen LogP) is 6.99. The van der Waals surface area contributed by atoms with Crippen LogP contribution in [0.3, 0.4) is 0 Å². The number of carbonyl (C=O) groups excluding carboxylic acids is 1. The van der Waals surface area contributed by atoms with Gasteiger partial charge in [0.2, 0.25) is 5.91 Å². The highest BCUT2D eigenvalue weighted by atomic mass is 35.5. The number of hydrogen-bond donors (Lipinski definition) is 1. The van der Waals surface area contributed by atoms with Crippen molar-refractivity contribution in [3.05, 3.63) is 34.4 Å². The highest BCUT2D eigenvalue weighted by Gasteiger charge is 2.48. The average Bonchev–Trinajstić information content (AvgIpc) is 3.75. The molecule has 274 valence electrons. The minimum absolute atomic E-state index is 0.0149. The normalized spacial score (nSPS) is 25.1. The number of halogens is 5. The first-order valence-corrected chi connectivity index (χ1v) is 18.6. The molecule has 3 fully saturated rings. The SMILES string of the molecule is C[C@H]1CN2CCC[C@@]2(COc2nc3c4c(c(Cl)c(-c5ccc(F)c6sc(N)c(C#N)c56)c(F)c4n2)OCCC2CC(=O)N(C)C(C(F)F)CCN32)C1. The van der Waals surface area contributed by atoms with Crippen molar-refractivity contribution in [3.63, 3.8) is 0 Å². The molecule has 2 unspecified atom stereocenters. The molecule has 4 atom stereocenters. The Kier molecular flexibility index (Phi) is 8.78. The molecule has 8 rings (SSSR count). The number of aromatic nitrogens is 2. The highest BCUT2D eigenvalue weighted by molar-refractivity contribution is 7.23. The topological polar surface area (TPSA) is 121 Å². The van der Waals surface area contributed by atoms with Crippen LogP contribution in [-0.4, -0.2) is 89.6 Å². The molecule has 4 aliphatic rings. The second-order valence-electron chi connectivity index (χ2n) is 14.4. The van der Waals surface area contributed by atoms with Crippen molar-refractivity contribution in [2.75, 3.05) is 50.5 Å². The number of nitrogen functional groups attached to an aromatic ring is 1. The Morgan fingerprint density at radius 3 is 2.81 bits per heavy atom. The fourth-order valence-corrected chi connectivity index (χ4v) is 10.1. The number of rotatable bonds is 5. The minimum atomic E-state index is -2.78. The third-order valence-electron chi connectivity index (χ3n) is 11.3. The van der Waals surface area contributed by atoms with Crippen molar-refractivity contribution in [3.8, 4) is 29.0 Å². The molecule has 0 radical (unpaired) electrons. The third kappa shape index (κ3) is 5.48. The average molecular weight is 758 g/mol. The van der Waals surface area contributed by atoms with E-state index in [0.717, 1.165) is 54.7 Å². The van der Waals surface area contributed by atoms with Crippen LogP contribution in [0.5, 0.6) is 11.8 Å². The molecular formula is C36H36ClF4N7O3S. The summed E-state index contributed by atoms with van der Waals surface area (Å²) in [6.45, 7) is 4.45. The highest BCUT2D eigenvalue weighted by Crippen LogP contribution is 2.51. The van der Waals surface area contributed by atoms with Crippen molar-refractivity contribution in [1.82, 2.24) is 19.8 Å². The lowest BCUT2D eigenvalue weighted by Crippen LogP contribution is -2.51. The number of nitrogens with two attached hydrogens (primary N) is 1. The number of hydrogen-bond acceptors (Lipinski definition) is 10. The van der Waals surface area contributed by atoms with E-state index in [1.54, 1.807) is 4.90 Å². The summed E-state index contributed by atoms with van der Waals surface area (Å²) in [5, 5.41) is 10.1. The van der Waals surface area contributed by atoms with Gasteiger partial charge in [-0.25, -0.2) is 17.6 Å². The zero-order chi connectivity index (χ0) is 36.6. The molecule has 4 aliphatic heterocycles. The summed E-state index contributed by atoms with van der Waals surface area (Å²) >= 11 is 7.94. The molecule has 52 heavy (non-hydrogen) atoms. The summed E-state index contributed by atoms with van der Waals surface area (Å²) < 4.78 is 73.7. The molecule has 0 saturated carbocycles. The monoisotopic (exact) mass is 757 g/mol. The zero-order valence-electron chi connectivity index (χ0n) is 28.5. The molecular weight excluding hydrogens is 722 g/mol. The molecule has 6 heterocycles. The number of fused-ring (bicyclic) bond motifs is 4. The van der Waals surface area contributed by atoms with E-state index >= 15 is 8.78 Å². The summed E-state index contributed by atoms with van der Waals surface area (Å²) in [6.07, 6.45) is 0.188. The maximum atomic E-state index is 17.4. The van der Waals surface area contributed by atoms with E-state index in [-0.39, 0.29) is 103 Å². The largest absolute Gasteiger partial charge is 0.491 e. The first-order valence-electron chi connectivity index (χ1n) is 17.4. The summed E-state index contributed by atoms with van der Waals surface area (Å²) in [4.78, 5) is 28.0. The van der Waals surface area contributed by atoms with E-state index < -0.39 is 36.1 Å². The lowest BCUT2D eigenvalue weighted by atomic mass is 9.92. The molecule has 4 aromatic rings. The number of thiophene rings is 1. The zero-order valence-corrected chi connectivity index (χ0v) is 30.1. The molecule has 2 aromatic heterocycles. The number of benzene rings is 2. The Bertz CT molecular complexity index is 2160. The Morgan fingerprint density at radius 1 is 1.23 bits per heavy atom. The number of nitrogens with zero attached hydrogens (tertiary/aromatic N) is 6. The quantitative estimate of drug-likeness (QED) is 0.215. The van der Waals surface area contributed by atoms with Crippen LogP contribution in [-0.2, 0) is 4.79 Å². The van der Waals surface area contributed by atoms with E-state index in [9.17, 15) is 18.8 Å². The smallest absolute Gasteiger partial charge is 0.319 e. The second-order valence-corrected chi connectivity index (χ2v) is 15.8. The van der Waals surface area contributed by atoms with Gasteiger partial charge in [0.05, 0.1) is 38.9 Å². The fraction of sp³-hybridized carbons (Fsp3) is 0.500. The second kappa shape index (κ2) is 13.1. The predicted molar refractivity (Wildman–Crippen MR) is 190 cm³/mol. The van der Waals surface area contributed by atoms with E-state index in [0.29, 0.717) is 12.3 Å². The third-order valence-corrected chi connectivity index (χ3v) is 12.7. The first-order chi connectivity index (χ1) is 24.9. The Morgan fingerprint density at radius 2 is 2.04 bits per heavy atom. The van der Waals surface area contributed by atoms with Crippen LogP contribution in [0.25, 0.3) is 32.1 Å². The molecule has 0 spiro atoms. The van der Waals surface area contributed by atoms with Crippen LogP contribution in [0.4, 0.5) is 28.4 Å². The maximum absolute atomic E-state index is 17.4. The summed E-state index contributed by atoms with van der Waals surface area (Å²) in [7, 11) is 1.38. The van der Waals surface area contributed by atoms with Crippen LogP contribution >= 0.6 is 22.9 Å². The van der Waals surface area contributed by atoms with E-state index in [2.05, 4.69) is 16.8 Å². The number of carbonyl (C=O) groups is 1. The maximum Gasteiger partial charge on any atom is 0.319 e. The number of nitriles is 1. The lowest BCUT2D eigenvalue weighted by Gasteiger charge is -2.40. The van der Waals surface area contributed by atoms with Crippen molar-refractivity contribution >= 4 is 60.7 Å². The summed E-state index contributed by atoms with van der Waals surface area (Å²) in [6, 6.07) is 2.52. The van der Waals surface area contributed by atoms with Crippen LogP contribution in [0.2, 0.25) is 5.02 Å². The van der Waals surface area contributed by atoms with Gasteiger partial charge in [0.1, 0.15) is 34.8 Å². The van der Waals surface area contributed by atoms with E-state index in [1.807, 2.05) is 6.07 Å². The Balaban J connectivity index is 1.35. The number of ether oxygens (including phenoxy) is 2. The van der Waals surface area contributed by atoms with Crippen molar-refractivity contribution < 1.29 is 31.8 Å². The van der Waals surface area contributed by atoms with Gasteiger partial charge in [0.15, 0.2) is 11.6 Å². The van der Waals surface area contributed by atoms with Crippen molar-refractivity contribution in [1.29, 1.82) is 5.26 Å². The van der Waals surface area contributed by atoms with E-state index in [1.165, 1.54) is 13.1 Å². The molecule has 0 bridgehead atoms. The van der Waals surface area contributed by atoms with Gasteiger partial charge in [0.25, 0.3) is 6.43 Å². The Labute approximate surface area is 306 Å². The van der Waals surface area contributed by atoms with Gasteiger partial charge < -0.3 is 25.0 Å². The number of anilines is 2. The Hall–Kier alpha value is -4.13. The molecule has 1 amide bonds. The fourth-order valence-electron chi connectivity index (χ4n) is 8.83. The van der Waals surface area contributed by atoms with Crippen molar-refractivity contribution in [2.24, 2.45) is 5.92 Å². The van der Waals surface area contributed by atoms with Crippen LogP contribution in [0, 0.1) is 28.9 Å². The van der Waals surface area contributed by atoms with Crippen LogP contribution in [0.1, 0.15) is 51.0 Å². The van der Waals surface area contributed by atoms with Gasteiger partial charge in [-0.1, -0.05) is 24.6 Å². The van der Waals surface area contributed by atoms with Gasteiger partial charge >= 0.3 is 6.01 Å². The van der Waals surface area contributed by atoms with Crippen molar-refractivity contribution in [2.45, 2.75) is 69.5 Å². The standard InChI is InChI=1S/C36H36ClF4N7O3S/c1-17-13-36(8-3-9-47(36)15-17)16-51-35-44-29-26-30(27(37)25(28(29)39)19-4-5-21(38)31-24(19)20(14-42)33(43)52-31)50-11-7-18-12-23(49)46(2)22(32(40)41)6-10-48(18)34(26)45-35/h4-5,17-18,22,32H,3,6-13,15-16,43H2,1-2H3/t17-,18?,22?,36+/m1/s1. The van der Waals surface area contributed by atoms with Crippen LogP contribution in [0.15, 0.2) is 12.1 Å². The number of alkyl halides is 2. The molecule has 2 N–H and O–H groups in total. The van der Waals surface area contributed by atoms with E-state index in [4.69, 9.17) is 31.8 Å². The van der Waals surface area contributed by atoms with Gasteiger partial charge in [-0.05, 0) is 49.8 Å². The summed E-state index contributed by atoms with van der Waals surface area (Å²) in [5.74, 6) is -1.33. The van der Waals surface area contributed by atoms with Gasteiger partial charge in [0, 0.05) is 50.0 Å². The molecule has 16 heteroatoms. The lowest BCUT2D eigenvalue weighted by molar-refractivity contribution is -0.136. The summed E-state index contributed by atoms with van der Waals surface area (Å²) in [5.41, 5.74) is 5.60. The van der Waals surface area contributed by atoms with Gasteiger partial charge in [-0.2, -0.15) is 15.2 Å². The molecule has 2 aromatic carbocycles. The molecule has 3 saturated heterocycles.